The number of hydrogen-bond donors (Lipinski definition) is 0. The van der Waals surface area contributed by atoms with Crippen LogP contribution in [0.5, 0.6) is 0 Å². The predicted molar refractivity (Wildman–Crippen MR) is 152 cm³/mol. The van der Waals surface area contributed by atoms with Gasteiger partial charge >= 0.3 is 0 Å². The smallest absolute Gasteiger partial charge is 0.145 e. The number of aromatic nitrogens is 2. The van der Waals surface area contributed by atoms with Gasteiger partial charge in [-0.1, -0.05) is 84.9 Å². The Balaban J connectivity index is 1.40. The highest BCUT2D eigenvalue weighted by Gasteiger charge is 2.24. The monoisotopic (exact) mass is 476 g/mol. The summed E-state index contributed by atoms with van der Waals surface area (Å²) in [6.07, 6.45) is 0. The normalized spacial score (nSPS) is 12.9. The van der Waals surface area contributed by atoms with Crippen LogP contribution in [0.3, 0.4) is 0 Å². The van der Waals surface area contributed by atoms with Crippen molar-refractivity contribution in [2.75, 3.05) is 4.90 Å². The molecule has 0 bridgehead atoms. The van der Waals surface area contributed by atoms with Gasteiger partial charge in [0, 0.05) is 22.5 Å². The lowest BCUT2D eigenvalue weighted by Gasteiger charge is -2.32. The van der Waals surface area contributed by atoms with Crippen LogP contribution in [0.15, 0.2) is 138 Å². The predicted octanol–water partition coefficient (Wildman–Crippen LogP) is 7.79. The Morgan fingerprint density at radius 3 is 2.08 bits per heavy atom. The van der Waals surface area contributed by atoms with Crippen molar-refractivity contribution in [3.05, 3.63) is 145 Å². The minimum absolute atomic E-state index is 0.654. The minimum atomic E-state index is 0.654. The molecule has 176 valence electrons. The molecule has 6 aromatic rings. The molecule has 0 amide bonds. The number of benzene rings is 5. The van der Waals surface area contributed by atoms with E-state index in [2.05, 4.69) is 125 Å². The highest BCUT2D eigenvalue weighted by molar-refractivity contribution is 6.15. The maximum absolute atomic E-state index is 5.07. The summed E-state index contributed by atoms with van der Waals surface area (Å²) in [6, 6.07) is 46.3. The molecule has 0 radical (unpaired) electrons. The van der Waals surface area contributed by atoms with Crippen molar-refractivity contribution in [2.45, 2.75) is 6.54 Å². The van der Waals surface area contributed by atoms with E-state index in [4.69, 9.17) is 9.98 Å². The van der Waals surface area contributed by atoms with E-state index in [1.165, 1.54) is 11.3 Å². The van der Waals surface area contributed by atoms with Crippen molar-refractivity contribution >= 4 is 28.2 Å². The molecule has 37 heavy (non-hydrogen) atoms. The van der Waals surface area contributed by atoms with Gasteiger partial charge in [-0.05, 0) is 54.1 Å². The second-order valence-corrected chi connectivity index (χ2v) is 9.12. The second-order valence-electron chi connectivity index (χ2n) is 9.12. The molecule has 4 heteroatoms. The van der Waals surface area contributed by atoms with Gasteiger partial charge in [0.25, 0.3) is 0 Å². The van der Waals surface area contributed by atoms with Gasteiger partial charge in [0.05, 0.1) is 23.3 Å². The standard InChI is InChI=1S/C33H24N4/c1-3-15-27(16-4-1)36-30-20-9-7-12-26(30)23-34-32(36)24-13-11-14-25(22-24)33-35-29-19-8-10-21-31(29)37(33)28-17-5-2-6-18-28/h1-22H,23H2. The molecule has 0 fully saturated rings. The quantitative estimate of drug-likeness (QED) is 0.260. The first-order valence-corrected chi connectivity index (χ1v) is 12.5. The number of para-hydroxylation sites is 5. The summed E-state index contributed by atoms with van der Waals surface area (Å²) in [5.74, 6) is 1.85. The van der Waals surface area contributed by atoms with Gasteiger partial charge in [-0.25, -0.2) is 4.98 Å². The lowest BCUT2D eigenvalue weighted by molar-refractivity contribution is 1.01. The highest BCUT2D eigenvalue weighted by atomic mass is 15.2. The molecule has 0 unspecified atom stereocenters. The van der Waals surface area contributed by atoms with Gasteiger partial charge < -0.3 is 0 Å². The molecule has 5 aromatic carbocycles. The van der Waals surface area contributed by atoms with Crippen molar-refractivity contribution < 1.29 is 0 Å². The third-order valence-corrected chi connectivity index (χ3v) is 6.81. The van der Waals surface area contributed by atoms with Crippen LogP contribution in [0, 0.1) is 0 Å². The van der Waals surface area contributed by atoms with Gasteiger partial charge in [0.15, 0.2) is 0 Å². The van der Waals surface area contributed by atoms with Gasteiger partial charge in [-0.3, -0.25) is 14.5 Å². The number of amidine groups is 1. The summed E-state index contributed by atoms with van der Waals surface area (Å²) in [6.45, 7) is 0.654. The van der Waals surface area contributed by atoms with E-state index in [9.17, 15) is 0 Å². The maximum Gasteiger partial charge on any atom is 0.145 e. The van der Waals surface area contributed by atoms with E-state index in [0.717, 1.165) is 45.2 Å². The first kappa shape index (κ1) is 21.3. The molecular formula is C33H24N4. The third-order valence-electron chi connectivity index (χ3n) is 6.81. The van der Waals surface area contributed by atoms with E-state index >= 15 is 0 Å². The first-order valence-electron chi connectivity index (χ1n) is 12.5. The maximum atomic E-state index is 5.07. The fourth-order valence-corrected chi connectivity index (χ4v) is 5.12. The molecule has 1 aliphatic rings. The van der Waals surface area contributed by atoms with Gasteiger partial charge in [0.2, 0.25) is 0 Å². The topological polar surface area (TPSA) is 33.4 Å². The average Bonchev–Trinajstić information content (AvgIpc) is 3.37. The van der Waals surface area contributed by atoms with Crippen LogP contribution < -0.4 is 4.90 Å². The summed E-state index contributed by atoms with van der Waals surface area (Å²) in [5.41, 5.74) is 8.74. The van der Waals surface area contributed by atoms with Crippen molar-refractivity contribution in [3.63, 3.8) is 0 Å². The Labute approximate surface area is 215 Å². The molecule has 0 saturated heterocycles. The molecule has 0 spiro atoms. The van der Waals surface area contributed by atoms with Crippen LogP contribution >= 0.6 is 0 Å². The summed E-state index contributed by atoms with van der Waals surface area (Å²) in [7, 11) is 0. The molecule has 1 aliphatic heterocycles. The lowest BCUT2D eigenvalue weighted by Crippen LogP contribution is -2.30. The summed E-state index contributed by atoms with van der Waals surface area (Å²) >= 11 is 0. The SMILES string of the molecule is c1ccc(N2C(c3cccc(-c4nc5ccccc5n4-c4ccccc4)c3)=NCc3ccccc32)cc1. The fourth-order valence-electron chi connectivity index (χ4n) is 5.12. The van der Waals surface area contributed by atoms with Gasteiger partial charge in [0.1, 0.15) is 11.7 Å². The molecule has 1 aromatic heterocycles. The number of hydrogen-bond acceptors (Lipinski definition) is 3. The van der Waals surface area contributed by atoms with Crippen LogP contribution in [0.25, 0.3) is 28.1 Å². The Morgan fingerprint density at radius 1 is 0.568 bits per heavy atom. The molecule has 0 atom stereocenters. The Hall–Kier alpha value is -4.96. The Kier molecular flexibility index (Phi) is 5.14. The van der Waals surface area contributed by atoms with E-state index in [-0.39, 0.29) is 0 Å². The van der Waals surface area contributed by atoms with Crippen LogP contribution in [0.4, 0.5) is 11.4 Å². The fraction of sp³-hybridized carbons (Fsp3) is 0.0303. The third kappa shape index (κ3) is 3.71. The summed E-state index contributed by atoms with van der Waals surface area (Å²) in [4.78, 5) is 12.4. The first-order chi connectivity index (χ1) is 18.4. The molecular weight excluding hydrogens is 452 g/mol. The molecule has 4 nitrogen and oxygen atoms in total. The average molecular weight is 477 g/mol. The Morgan fingerprint density at radius 2 is 1.24 bits per heavy atom. The second kappa shape index (κ2) is 8.92. The van der Waals surface area contributed by atoms with E-state index in [1.807, 2.05) is 18.2 Å². The van der Waals surface area contributed by atoms with Crippen LogP contribution in [-0.2, 0) is 6.54 Å². The number of fused-ring (bicyclic) bond motifs is 2. The molecule has 2 heterocycles. The summed E-state index contributed by atoms with van der Waals surface area (Å²) < 4.78 is 2.24. The Bertz CT molecular complexity index is 1750. The lowest BCUT2D eigenvalue weighted by atomic mass is 10.0. The number of rotatable bonds is 4. The minimum Gasteiger partial charge on any atom is -0.294 e. The number of anilines is 2. The van der Waals surface area contributed by atoms with Crippen LogP contribution in [0.1, 0.15) is 11.1 Å². The molecule has 0 saturated carbocycles. The summed E-state index contributed by atoms with van der Waals surface area (Å²) in [5, 5.41) is 0. The largest absolute Gasteiger partial charge is 0.294 e. The van der Waals surface area contributed by atoms with Gasteiger partial charge in [-0.15, -0.1) is 0 Å². The molecule has 0 N–H and O–H groups in total. The van der Waals surface area contributed by atoms with E-state index < -0.39 is 0 Å². The van der Waals surface area contributed by atoms with Crippen LogP contribution in [0.2, 0.25) is 0 Å². The van der Waals surface area contributed by atoms with Crippen molar-refractivity contribution in [2.24, 2.45) is 4.99 Å². The number of aliphatic imine (C=N–C) groups is 1. The zero-order valence-corrected chi connectivity index (χ0v) is 20.2. The number of imidazole rings is 1. The van der Waals surface area contributed by atoms with Crippen LogP contribution in [-0.4, -0.2) is 15.4 Å². The zero-order chi connectivity index (χ0) is 24.6. The highest BCUT2D eigenvalue weighted by Crippen LogP contribution is 2.36. The van der Waals surface area contributed by atoms with Gasteiger partial charge in [-0.2, -0.15) is 0 Å². The zero-order valence-electron chi connectivity index (χ0n) is 20.2. The van der Waals surface area contributed by atoms with E-state index in [0.29, 0.717) is 6.54 Å². The number of nitrogens with zero attached hydrogens (tertiary/aromatic N) is 4. The molecule has 7 rings (SSSR count). The van der Waals surface area contributed by atoms with Crippen molar-refractivity contribution in [3.8, 4) is 17.1 Å². The molecule has 0 aliphatic carbocycles. The van der Waals surface area contributed by atoms with Crippen molar-refractivity contribution in [1.29, 1.82) is 0 Å². The van der Waals surface area contributed by atoms with Crippen molar-refractivity contribution in [1.82, 2.24) is 9.55 Å². The van der Waals surface area contributed by atoms with E-state index in [1.54, 1.807) is 0 Å².